The molecule has 0 saturated heterocycles. The highest BCUT2D eigenvalue weighted by atomic mass is 32.2. The Labute approximate surface area is 109 Å². The minimum atomic E-state index is -3.41. The third-order valence-corrected chi connectivity index (χ3v) is 5.42. The van der Waals surface area contributed by atoms with Gasteiger partial charge >= 0.3 is 0 Å². The van der Waals surface area contributed by atoms with Crippen molar-refractivity contribution in [3.05, 3.63) is 23.8 Å². The Balaban J connectivity index is 2.35. The summed E-state index contributed by atoms with van der Waals surface area (Å²) in [4.78, 5) is 0.338. The Hall–Kier alpha value is -1.07. The summed E-state index contributed by atoms with van der Waals surface area (Å²) in [6, 6.07) is 5.04. The molecular weight excluding hydrogens is 248 g/mol. The number of sulfonamides is 1. The van der Waals surface area contributed by atoms with Crippen LogP contribution in [-0.4, -0.2) is 25.8 Å². The first kappa shape index (κ1) is 13.4. The first-order valence-electron chi connectivity index (χ1n) is 6.31. The topological polar surface area (TPSA) is 63.4 Å². The third-order valence-electron chi connectivity index (χ3n) is 3.34. The molecule has 0 unspecified atom stereocenters. The van der Waals surface area contributed by atoms with Crippen LogP contribution in [0.5, 0.6) is 0 Å². The quantitative estimate of drug-likeness (QED) is 0.831. The van der Waals surface area contributed by atoms with Gasteiger partial charge in [0.15, 0.2) is 0 Å². The summed E-state index contributed by atoms with van der Waals surface area (Å²) in [6.07, 6.45) is 2.28. The summed E-state index contributed by atoms with van der Waals surface area (Å²) in [6.45, 7) is 4.82. The van der Waals surface area contributed by atoms with Gasteiger partial charge in [0.1, 0.15) is 0 Å². The van der Waals surface area contributed by atoms with E-state index in [2.05, 4.69) is 0 Å². The highest BCUT2D eigenvalue weighted by molar-refractivity contribution is 7.89. The highest BCUT2D eigenvalue weighted by Crippen LogP contribution is 2.32. The van der Waals surface area contributed by atoms with Gasteiger partial charge in [0.2, 0.25) is 10.0 Å². The highest BCUT2D eigenvalue weighted by Gasteiger charge is 2.31. The molecule has 0 heterocycles. The first-order chi connectivity index (χ1) is 8.45. The van der Waals surface area contributed by atoms with E-state index in [0.717, 1.165) is 18.4 Å². The molecule has 1 fully saturated rings. The van der Waals surface area contributed by atoms with E-state index in [1.807, 2.05) is 6.92 Å². The van der Waals surface area contributed by atoms with E-state index >= 15 is 0 Å². The summed E-state index contributed by atoms with van der Waals surface area (Å²) in [7, 11) is -3.41. The van der Waals surface area contributed by atoms with Crippen LogP contribution >= 0.6 is 0 Å². The molecule has 2 N–H and O–H groups in total. The van der Waals surface area contributed by atoms with Crippen LogP contribution in [0.3, 0.4) is 0 Å². The monoisotopic (exact) mass is 268 g/mol. The van der Waals surface area contributed by atoms with Crippen LogP contribution in [0.2, 0.25) is 0 Å². The molecule has 1 aliphatic carbocycles. The number of hydrogen-bond donors (Lipinski definition) is 1. The SMILES string of the molecule is CCN(CC1CC1)S(=O)(=O)c1cc(N)ccc1C. The average molecular weight is 268 g/mol. The van der Waals surface area contributed by atoms with Crippen LogP contribution in [0.25, 0.3) is 0 Å². The zero-order valence-electron chi connectivity index (χ0n) is 10.9. The molecule has 0 atom stereocenters. The lowest BCUT2D eigenvalue weighted by molar-refractivity contribution is 0.411. The van der Waals surface area contributed by atoms with Gasteiger partial charge in [-0.25, -0.2) is 8.42 Å². The molecule has 0 aliphatic heterocycles. The van der Waals surface area contributed by atoms with E-state index in [-0.39, 0.29) is 0 Å². The van der Waals surface area contributed by atoms with Gasteiger partial charge in [-0.15, -0.1) is 0 Å². The van der Waals surface area contributed by atoms with Crippen molar-refractivity contribution in [2.75, 3.05) is 18.8 Å². The molecule has 2 rings (SSSR count). The number of benzene rings is 1. The fourth-order valence-electron chi connectivity index (χ4n) is 2.02. The van der Waals surface area contributed by atoms with Crippen molar-refractivity contribution in [1.82, 2.24) is 4.31 Å². The maximum atomic E-state index is 12.6. The molecule has 0 spiro atoms. The fraction of sp³-hybridized carbons (Fsp3) is 0.538. The second-order valence-electron chi connectivity index (χ2n) is 4.92. The summed E-state index contributed by atoms with van der Waals surface area (Å²) in [5.74, 6) is 0.543. The number of nitrogens with two attached hydrogens (primary N) is 1. The van der Waals surface area contributed by atoms with Crippen molar-refractivity contribution in [3.8, 4) is 0 Å². The Bertz CT molecular complexity index is 536. The fourth-order valence-corrected chi connectivity index (χ4v) is 3.80. The number of hydrogen-bond acceptors (Lipinski definition) is 3. The molecule has 5 heteroatoms. The van der Waals surface area contributed by atoms with Crippen molar-refractivity contribution in [1.29, 1.82) is 0 Å². The first-order valence-corrected chi connectivity index (χ1v) is 7.75. The Morgan fingerprint density at radius 2 is 2.06 bits per heavy atom. The van der Waals surface area contributed by atoms with Crippen molar-refractivity contribution in [2.45, 2.75) is 31.6 Å². The summed E-state index contributed by atoms with van der Waals surface area (Å²) in [5.41, 5.74) is 6.93. The minimum absolute atomic E-state index is 0.338. The number of rotatable bonds is 5. The average Bonchev–Trinajstić information content (AvgIpc) is 3.12. The van der Waals surface area contributed by atoms with Crippen LogP contribution < -0.4 is 5.73 Å². The summed E-state index contributed by atoms with van der Waals surface area (Å²) in [5, 5.41) is 0. The van der Waals surface area contributed by atoms with Crippen LogP contribution in [0.4, 0.5) is 5.69 Å². The van der Waals surface area contributed by atoms with Gasteiger partial charge in [-0.05, 0) is 43.4 Å². The van der Waals surface area contributed by atoms with Crippen LogP contribution in [0, 0.1) is 12.8 Å². The maximum absolute atomic E-state index is 12.6. The normalized spacial score (nSPS) is 16.2. The number of anilines is 1. The van der Waals surface area contributed by atoms with Gasteiger partial charge in [-0.1, -0.05) is 13.0 Å². The predicted molar refractivity (Wildman–Crippen MR) is 72.7 cm³/mol. The van der Waals surface area contributed by atoms with E-state index in [4.69, 9.17) is 5.73 Å². The van der Waals surface area contributed by atoms with Gasteiger partial charge in [0.05, 0.1) is 4.90 Å². The van der Waals surface area contributed by atoms with E-state index in [0.29, 0.717) is 29.6 Å². The van der Waals surface area contributed by atoms with Crippen molar-refractivity contribution < 1.29 is 8.42 Å². The van der Waals surface area contributed by atoms with Crippen molar-refractivity contribution >= 4 is 15.7 Å². The smallest absolute Gasteiger partial charge is 0.243 e. The van der Waals surface area contributed by atoms with Crippen molar-refractivity contribution in [2.24, 2.45) is 5.92 Å². The molecule has 1 aromatic rings. The Morgan fingerprint density at radius 1 is 1.39 bits per heavy atom. The molecule has 4 nitrogen and oxygen atoms in total. The molecule has 0 amide bonds. The molecule has 0 radical (unpaired) electrons. The van der Waals surface area contributed by atoms with Crippen LogP contribution in [0.15, 0.2) is 23.1 Å². The Kier molecular flexibility index (Phi) is 3.64. The second-order valence-corrected chi connectivity index (χ2v) is 6.83. The molecule has 0 aromatic heterocycles. The molecule has 1 aliphatic rings. The zero-order valence-corrected chi connectivity index (χ0v) is 11.7. The molecular formula is C13H20N2O2S. The van der Waals surface area contributed by atoms with Gasteiger partial charge < -0.3 is 5.73 Å². The molecule has 0 bridgehead atoms. The van der Waals surface area contributed by atoms with Crippen molar-refractivity contribution in [3.63, 3.8) is 0 Å². The standard InChI is InChI=1S/C13H20N2O2S/c1-3-15(9-11-5-6-11)18(16,17)13-8-12(14)7-4-10(13)2/h4,7-8,11H,3,5-6,9,14H2,1-2H3. The van der Waals surface area contributed by atoms with Gasteiger partial charge in [0, 0.05) is 18.8 Å². The van der Waals surface area contributed by atoms with Gasteiger partial charge in [-0.2, -0.15) is 4.31 Å². The van der Waals surface area contributed by atoms with E-state index < -0.39 is 10.0 Å². The lowest BCUT2D eigenvalue weighted by Crippen LogP contribution is -2.33. The number of nitrogens with zero attached hydrogens (tertiary/aromatic N) is 1. The number of aryl methyl sites for hydroxylation is 1. The largest absolute Gasteiger partial charge is 0.399 e. The summed E-state index contributed by atoms with van der Waals surface area (Å²) < 4.78 is 26.7. The zero-order chi connectivity index (χ0) is 13.3. The van der Waals surface area contributed by atoms with E-state index in [1.165, 1.54) is 0 Å². The van der Waals surface area contributed by atoms with Crippen LogP contribution in [0.1, 0.15) is 25.3 Å². The van der Waals surface area contributed by atoms with Gasteiger partial charge in [0.25, 0.3) is 0 Å². The maximum Gasteiger partial charge on any atom is 0.243 e. The summed E-state index contributed by atoms with van der Waals surface area (Å²) >= 11 is 0. The van der Waals surface area contributed by atoms with Crippen LogP contribution in [-0.2, 0) is 10.0 Å². The lowest BCUT2D eigenvalue weighted by atomic mass is 10.2. The third kappa shape index (κ3) is 2.67. The number of nitrogen functional groups attached to an aromatic ring is 1. The predicted octanol–water partition coefficient (Wildman–Crippen LogP) is 2.00. The molecule has 100 valence electrons. The van der Waals surface area contributed by atoms with E-state index in [1.54, 1.807) is 29.4 Å². The molecule has 18 heavy (non-hydrogen) atoms. The lowest BCUT2D eigenvalue weighted by Gasteiger charge is -2.21. The Morgan fingerprint density at radius 3 is 2.61 bits per heavy atom. The van der Waals surface area contributed by atoms with E-state index in [9.17, 15) is 8.42 Å². The molecule has 1 saturated carbocycles. The minimum Gasteiger partial charge on any atom is -0.399 e. The second kappa shape index (κ2) is 4.90. The molecule has 1 aromatic carbocycles. The van der Waals surface area contributed by atoms with Gasteiger partial charge in [-0.3, -0.25) is 0 Å².